The van der Waals surface area contributed by atoms with Crippen molar-refractivity contribution in [1.82, 2.24) is 16.0 Å². The number of hydrogen-bond donors (Lipinski definition) is 11. The number of aliphatic hydroxyl groups excluding tert-OH is 1. The third-order valence-electron chi connectivity index (χ3n) is 5.93. The van der Waals surface area contributed by atoms with Crippen LogP contribution in [0, 0.1) is 0 Å². The first-order chi connectivity index (χ1) is 19.7. The summed E-state index contributed by atoms with van der Waals surface area (Å²) in [6.45, 7) is 1.53. The quantitative estimate of drug-likeness (QED) is 0.0444. The molecule has 0 aliphatic heterocycles. The van der Waals surface area contributed by atoms with Crippen molar-refractivity contribution in [2.45, 2.75) is 69.3 Å². The van der Waals surface area contributed by atoms with Crippen LogP contribution in [0.4, 0.5) is 0 Å². The monoisotopic (exact) mass is 594 g/mol. The van der Waals surface area contributed by atoms with Gasteiger partial charge in [0.05, 0.1) is 12.1 Å². The highest BCUT2D eigenvalue weighted by molar-refractivity contribution is 5.94. The molecule has 16 N–H and O–H groups in total. The summed E-state index contributed by atoms with van der Waals surface area (Å²) in [5.74, 6) is -4.07. The summed E-state index contributed by atoms with van der Waals surface area (Å²) < 4.78 is 0. The topological polar surface area (TPSA) is 320 Å². The van der Waals surface area contributed by atoms with Gasteiger partial charge in [0, 0.05) is 13.1 Å². The molecule has 0 spiro atoms. The molecule has 0 heterocycles. The number of aromatic hydroxyl groups is 1. The van der Waals surface area contributed by atoms with E-state index >= 15 is 0 Å². The van der Waals surface area contributed by atoms with E-state index in [0.717, 1.165) is 0 Å². The van der Waals surface area contributed by atoms with Crippen LogP contribution in [0.3, 0.4) is 0 Å². The van der Waals surface area contributed by atoms with Gasteiger partial charge in [-0.1, -0.05) is 12.1 Å². The van der Waals surface area contributed by atoms with Crippen molar-refractivity contribution in [3.05, 3.63) is 29.8 Å². The summed E-state index contributed by atoms with van der Waals surface area (Å²) >= 11 is 0. The Bertz CT molecular complexity index is 1100. The molecule has 0 fully saturated rings. The van der Waals surface area contributed by atoms with Gasteiger partial charge in [-0.05, 0) is 56.7 Å². The van der Waals surface area contributed by atoms with E-state index < -0.39 is 54.0 Å². The third kappa shape index (κ3) is 13.6. The van der Waals surface area contributed by atoms with Crippen LogP contribution in [0.2, 0.25) is 0 Å². The molecule has 1 rings (SSSR count). The van der Waals surface area contributed by atoms with Gasteiger partial charge in [-0.3, -0.25) is 24.4 Å². The second kappa shape index (κ2) is 17.9. The van der Waals surface area contributed by atoms with E-state index in [2.05, 4.69) is 25.9 Å². The molecule has 5 unspecified atom stereocenters. The van der Waals surface area contributed by atoms with E-state index in [1.807, 2.05) is 0 Å². The van der Waals surface area contributed by atoms with E-state index in [-0.39, 0.29) is 62.9 Å². The van der Waals surface area contributed by atoms with E-state index in [4.69, 9.17) is 28.7 Å². The maximum atomic E-state index is 13.1. The number of nitrogens with zero attached hydrogens (tertiary/aromatic N) is 2. The maximum Gasteiger partial charge on any atom is 0.326 e. The number of carboxylic acids is 1. The zero-order chi connectivity index (χ0) is 31.8. The molecule has 0 bridgehead atoms. The van der Waals surface area contributed by atoms with Gasteiger partial charge >= 0.3 is 5.97 Å². The minimum Gasteiger partial charge on any atom is -0.508 e. The van der Waals surface area contributed by atoms with Gasteiger partial charge in [0.25, 0.3) is 0 Å². The highest BCUT2D eigenvalue weighted by Gasteiger charge is 2.32. The predicted octanol–water partition coefficient (Wildman–Crippen LogP) is -3.71. The van der Waals surface area contributed by atoms with Gasteiger partial charge in [-0.2, -0.15) is 0 Å². The average Bonchev–Trinajstić information content (AvgIpc) is 2.90. The van der Waals surface area contributed by atoms with Crippen LogP contribution in [-0.2, 0) is 25.6 Å². The molecule has 234 valence electrons. The van der Waals surface area contributed by atoms with Crippen molar-refractivity contribution < 1.29 is 34.5 Å². The standard InChI is InChI=1S/C25H42N10O7/c1-13(36)19(35-20(38)16(26)12-14-6-8-15(37)9-7-14)22(40)33-17(4-2-10-31-24(27)28)21(39)34-18(23(41)42)5-3-11-32-25(29)30/h6-9,13,16-19,36-37H,2-5,10-12,26H2,1H3,(H,33,40)(H,34,39)(H,35,38)(H,41,42)(H4,27,28,31)(H4,29,30,32). The van der Waals surface area contributed by atoms with Crippen molar-refractivity contribution in [3.63, 3.8) is 0 Å². The first-order valence-corrected chi connectivity index (χ1v) is 13.2. The number of aliphatic hydroxyl groups is 1. The van der Waals surface area contributed by atoms with E-state index in [0.29, 0.717) is 5.56 Å². The van der Waals surface area contributed by atoms with E-state index in [1.165, 1.54) is 19.1 Å². The van der Waals surface area contributed by atoms with Crippen molar-refractivity contribution in [1.29, 1.82) is 0 Å². The van der Waals surface area contributed by atoms with Crippen LogP contribution >= 0.6 is 0 Å². The minimum atomic E-state index is -1.49. The third-order valence-corrected chi connectivity index (χ3v) is 5.93. The number of nitrogens with two attached hydrogens (primary N) is 5. The van der Waals surface area contributed by atoms with Gasteiger partial charge < -0.3 is 59.9 Å². The molecule has 0 aromatic heterocycles. The van der Waals surface area contributed by atoms with Gasteiger partial charge in [-0.15, -0.1) is 0 Å². The molecule has 0 aliphatic rings. The molecule has 0 saturated carbocycles. The maximum absolute atomic E-state index is 13.1. The molecular formula is C25H42N10O7. The number of aliphatic carboxylic acids is 1. The number of phenolic OH excluding ortho intramolecular Hbond substituents is 1. The smallest absolute Gasteiger partial charge is 0.326 e. The molecule has 3 amide bonds. The zero-order valence-corrected chi connectivity index (χ0v) is 23.4. The van der Waals surface area contributed by atoms with E-state index in [1.54, 1.807) is 12.1 Å². The van der Waals surface area contributed by atoms with Crippen molar-refractivity contribution >= 4 is 35.6 Å². The number of guanidine groups is 2. The molecule has 1 aromatic carbocycles. The van der Waals surface area contributed by atoms with E-state index in [9.17, 15) is 34.5 Å². The lowest BCUT2D eigenvalue weighted by atomic mass is 10.0. The number of rotatable bonds is 18. The highest BCUT2D eigenvalue weighted by atomic mass is 16.4. The molecule has 42 heavy (non-hydrogen) atoms. The molecular weight excluding hydrogens is 552 g/mol. The summed E-state index contributed by atoms with van der Waals surface area (Å²) in [5.41, 5.74) is 27.8. The number of phenols is 1. The minimum absolute atomic E-state index is 0.00219. The SMILES string of the molecule is CC(O)C(NC(=O)C(N)Cc1ccc(O)cc1)C(=O)NC(CCCN=C(N)N)C(=O)NC(CCCN=C(N)N)C(=O)O. The Morgan fingerprint density at radius 1 is 0.810 bits per heavy atom. The van der Waals surface area contributed by atoms with Crippen LogP contribution < -0.4 is 44.6 Å². The van der Waals surface area contributed by atoms with Crippen LogP contribution in [0.25, 0.3) is 0 Å². The molecule has 17 heteroatoms. The van der Waals surface area contributed by atoms with Gasteiger partial charge in [0.1, 0.15) is 23.9 Å². The number of amides is 3. The molecule has 0 aliphatic carbocycles. The second-order valence-corrected chi connectivity index (χ2v) is 9.56. The Morgan fingerprint density at radius 2 is 1.31 bits per heavy atom. The van der Waals surface area contributed by atoms with Crippen LogP contribution in [0.5, 0.6) is 5.75 Å². The Balaban J connectivity index is 2.98. The average molecular weight is 595 g/mol. The number of carbonyl (C=O) groups is 4. The van der Waals surface area contributed by atoms with Gasteiger partial charge in [0.2, 0.25) is 17.7 Å². The number of benzene rings is 1. The van der Waals surface area contributed by atoms with Crippen LogP contribution in [-0.4, -0.2) is 94.3 Å². The van der Waals surface area contributed by atoms with Crippen LogP contribution in [0.15, 0.2) is 34.3 Å². The molecule has 0 radical (unpaired) electrons. The highest BCUT2D eigenvalue weighted by Crippen LogP contribution is 2.11. The summed E-state index contributed by atoms with van der Waals surface area (Å²) in [7, 11) is 0. The zero-order valence-electron chi connectivity index (χ0n) is 23.4. The molecule has 5 atom stereocenters. The summed E-state index contributed by atoms with van der Waals surface area (Å²) in [4.78, 5) is 58.3. The fraction of sp³-hybridized carbons (Fsp3) is 0.520. The first kappa shape index (κ1) is 35.4. The summed E-state index contributed by atoms with van der Waals surface area (Å²) in [5, 5.41) is 36.4. The Morgan fingerprint density at radius 3 is 1.79 bits per heavy atom. The number of aliphatic imine (C=N–C) groups is 2. The fourth-order valence-electron chi connectivity index (χ4n) is 3.71. The van der Waals surface area contributed by atoms with Crippen LogP contribution in [0.1, 0.15) is 38.2 Å². The lowest BCUT2D eigenvalue weighted by molar-refractivity contribution is -0.142. The molecule has 1 aromatic rings. The lowest BCUT2D eigenvalue weighted by Crippen LogP contribution is -2.60. The first-order valence-electron chi connectivity index (χ1n) is 13.2. The second-order valence-electron chi connectivity index (χ2n) is 9.56. The number of hydrogen-bond acceptors (Lipinski definition) is 9. The van der Waals surface area contributed by atoms with Crippen molar-refractivity contribution in [2.75, 3.05) is 13.1 Å². The Kier molecular flexibility index (Phi) is 15.1. The number of carboxylic acid groups (broad SMARTS) is 1. The Labute approximate surface area is 243 Å². The summed E-state index contributed by atoms with van der Waals surface area (Å²) in [6, 6.07) is 0.857. The van der Waals surface area contributed by atoms with Gasteiger partial charge in [0.15, 0.2) is 11.9 Å². The molecule has 17 nitrogen and oxygen atoms in total. The largest absolute Gasteiger partial charge is 0.508 e. The lowest BCUT2D eigenvalue weighted by Gasteiger charge is -2.26. The van der Waals surface area contributed by atoms with Crippen molar-refractivity contribution in [3.8, 4) is 5.75 Å². The number of carbonyl (C=O) groups excluding carboxylic acids is 3. The molecule has 0 saturated heterocycles. The van der Waals surface area contributed by atoms with Gasteiger partial charge in [-0.25, -0.2) is 4.79 Å². The van der Waals surface area contributed by atoms with Crippen molar-refractivity contribution in [2.24, 2.45) is 38.7 Å². The number of nitrogens with one attached hydrogen (secondary N) is 3. The fourth-order valence-corrected chi connectivity index (χ4v) is 3.71. The summed E-state index contributed by atoms with van der Waals surface area (Å²) in [6.07, 6.45) is -0.843. The Hall–Kier alpha value is -4.64. The predicted molar refractivity (Wildman–Crippen MR) is 155 cm³/mol. The normalized spacial score (nSPS) is 14.3.